The normalized spacial score (nSPS) is 19.9. The molecule has 7 heteroatoms. The number of piperazine rings is 2. The largest absolute Gasteiger partial charge is 0.508 e. The SMILES string of the molecule is O=C(N1CCNCC1)N1CCN(Cc2cc(O)ccc2Br)CC1. The fourth-order valence-electron chi connectivity index (χ4n) is 3.08. The van der Waals surface area contributed by atoms with Crippen LogP contribution in [0.4, 0.5) is 4.79 Å². The topological polar surface area (TPSA) is 59.1 Å². The molecule has 2 aliphatic rings. The standard InChI is InChI=1S/C16H23BrN4O2/c17-15-2-1-14(22)11-13(15)12-19-7-9-21(10-8-19)16(23)20-5-3-18-4-6-20/h1-2,11,18,22H,3-10,12H2. The molecule has 2 aliphatic heterocycles. The highest BCUT2D eigenvalue weighted by Crippen LogP contribution is 2.23. The minimum Gasteiger partial charge on any atom is -0.508 e. The van der Waals surface area contributed by atoms with Crippen LogP contribution in [0.1, 0.15) is 5.56 Å². The van der Waals surface area contributed by atoms with Gasteiger partial charge >= 0.3 is 6.03 Å². The van der Waals surface area contributed by atoms with Crippen LogP contribution in [0, 0.1) is 0 Å². The van der Waals surface area contributed by atoms with E-state index in [0.717, 1.165) is 68.9 Å². The highest BCUT2D eigenvalue weighted by Gasteiger charge is 2.26. The van der Waals surface area contributed by atoms with Gasteiger partial charge in [-0.15, -0.1) is 0 Å². The Morgan fingerprint density at radius 3 is 2.43 bits per heavy atom. The van der Waals surface area contributed by atoms with Crippen molar-refractivity contribution in [2.24, 2.45) is 0 Å². The van der Waals surface area contributed by atoms with Crippen molar-refractivity contribution in [3.63, 3.8) is 0 Å². The molecular formula is C16H23BrN4O2. The van der Waals surface area contributed by atoms with E-state index < -0.39 is 0 Å². The van der Waals surface area contributed by atoms with E-state index >= 15 is 0 Å². The maximum atomic E-state index is 12.5. The van der Waals surface area contributed by atoms with Crippen molar-refractivity contribution in [1.29, 1.82) is 0 Å². The molecule has 2 N–H and O–H groups in total. The number of nitrogens with one attached hydrogen (secondary N) is 1. The van der Waals surface area contributed by atoms with Crippen molar-refractivity contribution < 1.29 is 9.90 Å². The molecule has 0 aromatic heterocycles. The van der Waals surface area contributed by atoms with Gasteiger partial charge in [-0.1, -0.05) is 15.9 Å². The summed E-state index contributed by atoms with van der Waals surface area (Å²) in [5.74, 6) is 0.288. The van der Waals surface area contributed by atoms with Crippen molar-refractivity contribution in [3.05, 3.63) is 28.2 Å². The van der Waals surface area contributed by atoms with E-state index in [9.17, 15) is 9.90 Å². The first-order valence-electron chi connectivity index (χ1n) is 8.08. The predicted octanol–water partition coefficient (Wildman–Crippen LogP) is 1.30. The molecule has 2 heterocycles. The second-order valence-corrected chi connectivity index (χ2v) is 6.91. The highest BCUT2D eigenvalue weighted by molar-refractivity contribution is 9.10. The van der Waals surface area contributed by atoms with E-state index in [1.807, 2.05) is 15.9 Å². The van der Waals surface area contributed by atoms with Crippen molar-refractivity contribution in [2.75, 3.05) is 52.4 Å². The number of nitrogens with zero attached hydrogens (tertiary/aromatic N) is 3. The Hall–Kier alpha value is -1.31. The molecular weight excluding hydrogens is 360 g/mol. The molecule has 1 aromatic carbocycles. The van der Waals surface area contributed by atoms with Crippen molar-refractivity contribution in [1.82, 2.24) is 20.0 Å². The zero-order valence-corrected chi connectivity index (χ0v) is 14.8. The summed E-state index contributed by atoms with van der Waals surface area (Å²) in [7, 11) is 0. The molecule has 0 bridgehead atoms. The molecule has 1 aromatic rings. The zero-order chi connectivity index (χ0) is 16.2. The number of hydrogen-bond acceptors (Lipinski definition) is 4. The van der Waals surface area contributed by atoms with Crippen LogP contribution in [0.2, 0.25) is 0 Å². The third-order valence-corrected chi connectivity index (χ3v) is 5.23. The lowest BCUT2D eigenvalue weighted by atomic mass is 10.2. The van der Waals surface area contributed by atoms with Gasteiger partial charge in [0, 0.05) is 63.4 Å². The summed E-state index contributed by atoms with van der Waals surface area (Å²) in [6.07, 6.45) is 0. The number of carbonyl (C=O) groups is 1. The van der Waals surface area contributed by atoms with E-state index in [0.29, 0.717) is 0 Å². The van der Waals surface area contributed by atoms with Gasteiger partial charge in [0.1, 0.15) is 5.75 Å². The summed E-state index contributed by atoms with van der Waals surface area (Å²) in [6, 6.07) is 5.51. The number of urea groups is 1. The predicted molar refractivity (Wildman–Crippen MR) is 92.5 cm³/mol. The summed E-state index contributed by atoms with van der Waals surface area (Å²) >= 11 is 3.53. The van der Waals surface area contributed by atoms with Crippen LogP contribution in [0.5, 0.6) is 5.75 Å². The van der Waals surface area contributed by atoms with Crippen LogP contribution in [0.25, 0.3) is 0 Å². The molecule has 2 saturated heterocycles. The average Bonchev–Trinajstić information content (AvgIpc) is 2.59. The van der Waals surface area contributed by atoms with Gasteiger partial charge in [-0.3, -0.25) is 4.90 Å². The number of hydrogen-bond donors (Lipinski definition) is 2. The van der Waals surface area contributed by atoms with Crippen LogP contribution in [0.15, 0.2) is 22.7 Å². The molecule has 0 aliphatic carbocycles. The number of rotatable bonds is 2. The fourth-order valence-corrected chi connectivity index (χ4v) is 3.45. The van der Waals surface area contributed by atoms with Gasteiger partial charge in [-0.2, -0.15) is 0 Å². The maximum Gasteiger partial charge on any atom is 0.320 e. The Balaban J connectivity index is 1.52. The lowest BCUT2D eigenvalue weighted by Crippen LogP contribution is -2.56. The van der Waals surface area contributed by atoms with Crippen LogP contribution in [0.3, 0.4) is 0 Å². The first-order chi connectivity index (χ1) is 11.1. The minimum atomic E-state index is 0.171. The number of amides is 2. The second kappa shape index (κ2) is 7.51. The number of halogens is 1. The lowest BCUT2D eigenvalue weighted by molar-refractivity contribution is 0.106. The summed E-state index contributed by atoms with van der Waals surface area (Å²) in [5, 5.41) is 12.9. The molecule has 126 valence electrons. The van der Waals surface area contributed by atoms with Crippen molar-refractivity contribution in [2.45, 2.75) is 6.54 Å². The van der Waals surface area contributed by atoms with E-state index in [2.05, 4.69) is 26.1 Å². The number of phenols is 1. The van der Waals surface area contributed by atoms with Crippen LogP contribution < -0.4 is 5.32 Å². The molecule has 0 spiro atoms. The lowest BCUT2D eigenvalue weighted by Gasteiger charge is -2.38. The van der Waals surface area contributed by atoms with Gasteiger partial charge < -0.3 is 20.2 Å². The van der Waals surface area contributed by atoms with Crippen molar-refractivity contribution >= 4 is 22.0 Å². The van der Waals surface area contributed by atoms with Crippen LogP contribution >= 0.6 is 15.9 Å². The fraction of sp³-hybridized carbons (Fsp3) is 0.562. The Kier molecular flexibility index (Phi) is 5.40. The Morgan fingerprint density at radius 2 is 1.74 bits per heavy atom. The average molecular weight is 383 g/mol. The van der Waals surface area contributed by atoms with E-state index in [4.69, 9.17) is 0 Å². The van der Waals surface area contributed by atoms with Crippen molar-refractivity contribution in [3.8, 4) is 5.75 Å². The number of aromatic hydroxyl groups is 1. The summed E-state index contributed by atoms with van der Waals surface area (Å²) < 4.78 is 1.01. The summed E-state index contributed by atoms with van der Waals surface area (Å²) in [4.78, 5) is 18.7. The van der Waals surface area contributed by atoms with Gasteiger partial charge in [0.15, 0.2) is 0 Å². The van der Waals surface area contributed by atoms with Gasteiger partial charge in [-0.25, -0.2) is 4.79 Å². The van der Waals surface area contributed by atoms with Crippen LogP contribution in [-0.2, 0) is 6.54 Å². The van der Waals surface area contributed by atoms with E-state index in [-0.39, 0.29) is 11.8 Å². The van der Waals surface area contributed by atoms with Gasteiger partial charge in [-0.05, 0) is 23.8 Å². The third kappa shape index (κ3) is 4.16. The molecule has 2 amide bonds. The first-order valence-corrected chi connectivity index (χ1v) is 8.87. The molecule has 0 saturated carbocycles. The van der Waals surface area contributed by atoms with Gasteiger partial charge in [0.25, 0.3) is 0 Å². The van der Waals surface area contributed by atoms with Gasteiger partial charge in [0.05, 0.1) is 0 Å². The van der Waals surface area contributed by atoms with E-state index in [1.165, 1.54) is 0 Å². The van der Waals surface area contributed by atoms with Gasteiger partial charge in [0.2, 0.25) is 0 Å². The molecule has 6 nitrogen and oxygen atoms in total. The summed E-state index contributed by atoms with van der Waals surface area (Å²) in [5.41, 5.74) is 1.08. The first kappa shape index (κ1) is 16.5. The van der Waals surface area contributed by atoms with E-state index in [1.54, 1.807) is 12.1 Å². The molecule has 23 heavy (non-hydrogen) atoms. The molecule has 0 radical (unpaired) electrons. The smallest absolute Gasteiger partial charge is 0.320 e. The quantitative estimate of drug-likeness (QED) is 0.809. The Labute approximate surface area is 145 Å². The second-order valence-electron chi connectivity index (χ2n) is 6.06. The maximum absolute atomic E-state index is 12.5. The highest BCUT2D eigenvalue weighted by atomic mass is 79.9. The number of phenolic OH excluding ortho intramolecular Hbond substituents is 1. The summed E-state index contributed by atoms with van der Waals surface area (Å²) in [6.45, 7) is 7.40. The molecule has 2 fully saturated rings. The Morgan fingerprint density at radius 1 is 1.09 bits per heavy atom. The molecule has 3 rings (SSSR count). The van der Waals surface area contributed by atoms with Crippen LogP contribution in [-0.4, -0.2) is 78.2 Å². The number of benzene rings is 1. The monoisotopic (exact) mass is 382 g/mol. The third-order valence-electron chi connectivity index (χ3n) is 4.45. The Bertz CT molecular complexity index is 555. The zero-order valence-electron chi connectivity index (χ0n) is 13.2. The molecule has 0 atom stereocenters. The number of carbonyl (C=O) groups excluding carboxylic acids is 1. The molecule has 0 unspecified atom stereocenters. The minimum absolute atomic E-state index is 0.171.